The minimum absolute atomic E-state index is 0.119. The maximum Gasteiger partial charge on any atom is 0.328 e. The Morgan fingerprint density at radius 1 is 1.60 bits per heavy atom. The number of carbonyl (C=O) groups excluding carboxylic acids is 1. The molecule has 60 valence electrons. The van der Waals surface area contributed by atoms with Crippen LogP contribution in [0.5, 0.6) is 0 Å². The van der Waals surface area contributed by atoms with Crippen molar-refractivity contribution in [3.8, 4) is 0 Å². The minimum Gasteiger partial charge on any atom is -0.351 e. The van der Waals surface area contributed by atoms with Gasteiger partial charge in [-0.3, -0.25) is 0 Å². The van der Waals surface area contributed by atoms with E-state index in [1.807, 2.05) is 0 Å². The first-order valence-electron chi connectivity index (χ1n) is 2.68. The van der Waals surface area contributed by atoms with Crippen LogP contribution in [0.15, 0.2) is 0 Å². The molecule has 0 spiro atoms. The molecule has 0 aromatic carbocycles. The Bertz CT molecular complexity index is 221. The number of hydrogen-bond donors (Lipinski definition) is 1. The van der Waals surface area contributed by atoms with Crippen molar-refractivity contribution in [2.45, 2.75) is 6.92 Å². The summed E-state index contributed by atoms with van der Waals surface area (Å²) in [5.74, 6) is -0.119. The summed E-state index contributed by atoms with van der Waals surface area (Å²) in [6, 6.07) is -0.957. The summed E-state index contributed by atoms with van der Waals surface area (Å²) in [5.41, 5.74) is 4.71. The molecular weight excluding hydrogens is 156 g/mol. The second-order valence-corrected chi connectivity index (χ2v) is 4.00. The van der Waals surface area contributed by atoms with E-state index in [4.69, 9.17) is 5.73 Å². The van der Waals surface area contributed by atoms with E-state index in [0.717, 1.165) is 7.05 Å². The minimum atomic E-state index is -3.44. The van der Waals surface area contributed by atoms with Crippen molar-refractivity contribution < 1.29 is 13.2 Å². The number of nitrogens with two attached hydrogens (primary N) is 1. The Labute approximate surface area is 59.9 Å². The normalized spacial score (nSPS) is 11.0. The fraction of sp³-hybridized carbons (Fsp3) is 0.750. The third kappa shape index (κ3) is 1.87. The van der Waals surface area contributed by atoms with Crippen LogP contribution in [-0.2, 0) is 10.0 Å². The van der Waals surface area contributed by atoms with Gasteiger partial charge in [0.15, 0.2) is 0 Å². The standard InChI is InChI=1S/C4H10N2O3S/c1-3-10(8,9)6(2)4(5)7/h3H2,1-2H3,(H2,5,7). The second-order valence-electron chi connectivity index (χ2n) is 1.71. The number of primary amides is 1. The van der Waals surface area contributed by atoms with Gasteiger partial charge in [0.1, 0.15) is 0 Å². The van der Waals surface area contributed by atoms with E-state index in [2.05, 4.69) is 0 Å². The number of hydrogen-bond acceptors (Lipinski definition) is 3. The molecule has 0 aromatic rings. The molecule has 5 nitrogen and oxygen atoms in total. The molecule has 0 heterocycles. The smallest absolute Gasteiger partial charge is 0.328 e. The second kappa shape index (κ2) is 2.87. The number of rotatable bonds is 2. The quantitative estimate of drug-likeness (QED) is 0.591. The molecule has 0 aliphatic rings. The number of nitrogens with zero attached hydrogens (tertiary/aromatic N) is 1. The third-order valence-corrected chi connectivity index (χ3v) is 2.84. The van der Waals surface area contributed by atoms with Crippen molar-refractivity contribution in [2.24, 2.45) is 5.73 Å². The molecule has 0 aliphatic heterocycles. The highest BCUT2D eigenvalue weighted by atomic mass is 32.2. The average Bonchev–Trinajstić information content (AvgIpc) is 1.86. The summed E-state index contributed by atoms with van der Waals surface area (Å²) in [5, 5.41) is 0. The molecule has 2 N–H and O–H groups in total. The van der Waals surface area contributed by atoms with Crippen molar-refractivity contribution in [1.82, 2.24) is 4.31 Å². The van der Waals surface area contributed by atoms with E-state index >= 15 is 0 Å². The molecule has 6 heteroatoms. The van der Waals surface area contributed by atoms with E-state index in [0.29, 0.717) is 4.31 Å². The van der Waals surface area contributed by atoms with Gasteiger partial charge in [0.05, 0.1) is 5.75 Å². The van der Waals surface area contributed by atoms with Crippen molar-refractivity contribution >= 4 is 16.1 Å². The summed E-state index contributed by atoms with van der Waals surface area (Å²) in [6.07, 6.45) is 0. The third-order valence-electron chi connectivity index (χ3n) is 1.09. The lowest BCUT2D eigenvalue weighted by Gasteiger charge is -2.12. The van der Waals surface area contributed by atoms with E-state index in [1.165, 1.54) is 6.92 Å². The van der Waals surface area contributed by atoms with Gasteiger partial charge < -0.3 is 5.73 Å². The Morgan fingerprint density at radius 3 is 2.10 bits per heavy atom. The molecule has 0 saturated heterocycles. The highest BCUT2D eigenvalue weighted by Gasteiger charge is 2.17. The Balaban J connectivity index is 4.51. The number of carbonyl (C=O) groups is 1. The highest BCUT2D eigenvalue weighted by molar-refractivity contribution is 7.89. The van der Waals surface area contributed by atoms with Crippen molar-refractivity contribution in [2.75, 3.05) is 12.8 Å². The summed E-state index contributed by atoms with van der Waals surface area (Å²) in [7, 11) is -2.31. The van der Waals surface area contributed by atoms with Crippen LogP contribution in [0.25, 0.3) is 0 Å². The van der Waals surface area contributed by atoms with Gasteiger partial charge in [0, 0.05) is 7.05 Å². The summed E-state index contributed by atoms with van der Waals surface area (Å²) in [6.45, 7) is 1.44. The maximum atomic E-state index is 10.8. The van der Waals surface area contributed by atoms with E-state index in [9.17, 15) is 13.2 Å². The topological polar surface area (TPSA) is 80.5 Å². The SMILES string of the molecule is CCS(=O)(=O)N(C)C(N)=O. The summed E-state index contributed by atoms with van der Waals surface area (Å²) >= 11 is 0. The van der Waals surface area contributed by atoms with Crippen LogP contribution >= 0.6 is 0 Å². The molecule has 0 radical (unpaired) electrons. The van der Waals surface area contributed by atoms with Crippen LogP contribution < -0.4 is 5.73 Å². The highest BCUT2D eigenvalue weighted by Crippen LogP contribution is 1.95. The lowest BCUT2D eigenvalue weighted by molar-refractivity contribution is 0.237. The molecule has 0 aliphatic carbocycles. The average molecular weight is 166 g/mol. The van der Waals surface area contributed by atoms with Gasteiger partial charge in [-0.1, -0.05) is 0 Å². The van der Waals surface area contributed by atoms with E-state index in [1.54, 1.807) is 0 Å². The lowest BCUT2D eigenvalue weighted by Crippen LogP contribution is -2.38. The summed E-state index contributed by atoms with van der Waals surface area (Å²) < 4.78 is 22.1. The first-order chi connectivity index (χ1) is 4.41. The molecule has 0 bridgehead atoms. The van der Waals surface area contributed by atoms with Crippen molar-refractivity contribution in [1.29, 1.82) is 0 Å². The zero-order valence-electron chi connectivity index (χ0n) is 5.86. The van der Waals surface area contributed by atoms with Crippen LogP contribution in [0.1, 0.15) is 6.92 Å². The fourth-order valence-corrected chi connectivity index (χ4v) is 0.992. The molecule has 2 amide bonds. The van der Waals surface area contributed by atoms with Gasteiger partial charge in [-0.15, -0.1) is 0 Å². The molecule has 0 aromatic heterocycles. The molecule has 10 heavy (non-hydrogen) atoms. The predicted molar refractivity (Wildman–Crippen MR) is 36.8 cm³/mol. The van der Waals surface area contributed by atoms with Crippen LogP contribution in [-0.4, -0.2) is 31.6 Å². The predicted octanol–water partition coefficient (Wildman–Crippen LogP) is -0.653. The van der Waals surface area contributed by atoms with Gasteiger partial charge in [0.2, 0.25) is 10.0 Å². The molecular formula is C4H10N2O3S. The summed E-state index contributed by atoms with van der Waals surface area (Å²) in [4.78, 5) is 10.3. The number of amides is 2. The molecule has 0 atom stereocenters. The van der Waals surface area contributed by atoms with Crippen LogP contribution in [0.2, 0.25) is 0 Å². The van der Waals surface area contributed by atoms with Gasteiger partial charge in [-0.05, 0) is 6.92 Å². The lowest BCUT2D eigenvalue weighted by atomic mass is 11.0. The van der Waals surface area contributed by atoms with Gasteiger partial charge in [0.25, 0.3) is 0 Å². The van der Waals surface area contributed by atoms with Crippen molar-refractivity contribution in [3.63, 3.8) is 0 Å². The molecule has 0 rings (SSSR count). The zero-order chi connectivity index (χ0) is 8.36. The van der Waals surface area contributed by atoms with Crippen LogP contribution in [0.3, 0.4) is 0 Å². The van der Waals surface area contributed by atoms with Crippen LogP contribution in [0, 0.1) is 0 Å². The molecule has 0 fully saturated rings. The molecule has 0 unspecified atom stereocenters. The maximum absolute atomic E-state index is 10.8. The Hall–Kier alpha value is -0.780. The number of urea groups is 1. The fourth-order valence-electron chi connectivity index (χ4n) is 0.331. The van der Waals surface area contributed by atoms with Crippen molar-refractivity contribution in [3.05, 3.63) is 0 Å². The largest absolute Gasteiger partial charge is 0.351 e. The van der Waals surface area contributed by atoms with E-state index < -0.39 is 16.1 Å². The first kappa shape index (κ1) is 9.22. The first-order valence-corrected chi connectivity index (χ1v) is 4.28. The Morgan fingerprint density at radius 2 is 2.00 bits per heavy atom. The van der Waals surface area contributed by atoms with Gasteiger partial charge in [-0.25, -0.2) is 17.5 Å². The van der Waals surface area contributed by atoms with Gasteiger partial charge >= 0.3 is 6.03 Å². The van der Waals surface area contributed by atoms with Crippen LogP contribution in [0.4, 0.5) is 4.79 Å². The van der Waals surface area contributed by atoms with E-state index in [-0.39, 0.29) is 5.75 Å². The zero-order valence-corrected chi connectivity index (χ0v) is 6.68. The molecule has 0 saturated carbocycles. The van der Waals surface area contributed by atoms with Gasteiger partial charge in [-0.2, -0.15) is 0 Å². The Kier molecular flexibility index (Phi) is 2.65. The number of sulfonamides is 1. The monoisotopic (exact) mass is 166 g/mol.